The van der Waals surface area contributed by atoms with E-state index in [1.165, 1.54) is 89.9 Å². The van der Waals surface area contributed by atoms with Crippen molar-refractivity contribution in [1.29, 1.82) is 0 Å². The topological polar surface area (TPSA) is 69.6 Å². The molecular formula is C52H87NO3. The fourth-order valence-corrected chi connectivity index (χ4v) is 6.22. The Balaban J connectivity index is 3.56. The molecule has 0 fully saturated rings. The number of aliphatic hydroxyl groups is 2. The lowest BCUT2D eigenvalue weighted by atomic mass is 10.0. The lowest BCUT2D eigenvalue weighted by Gasteiger charge is -2.19. The third kappa shape index (κ3) is 42.2. The molecule has 0 aliphatic rings. The van der Waals surface area contributed by atoms with Crippen LogP contribution in [-0.2, 0) is 4.79 Å². The van der Waals surface area contributed by atoms with Crippen LogP contribution >= 0.6 is 0 Å². The first-order valence-electron chi connectivity index (χ1n) is 23.1. The predicted octanol–water partition coefficient (Wildman–Crippen LogP) is 14.8. The Morgan fingerprint density at radius 1 is 0.446 bits per heavy atom. The molecule has 4 heteroatoms. The number of amides is 1. The summed E-state index contributed by atoms with van der Waals surface area (Å²) in [5.41, 5.74) is 0. The number of hydrogen-bond donors (Lipinski definition) is 3. The number of allylic oxidation sites excluding steroid dienone is 17. The number of hydrogen-bond acceptors (Lipinski definition) is 3. The molecule has 0 bridgehead atoms. The molecule has 0 radical (unpaired) electrons. The van der Waals surface area contributed by atoms with Crippen molar-refractivity contribution in [2.45, 2.75) is 206 Å². The molecule has 3 N–H and O–H groups in total. The largest absolute Gasteiger partial charge is 0.394 e. The average molecular weight is 774 g/mol. The lowest BCUT2D eigenvalue weighted by molar-refractivity contribution is -0.123. The molecular weight excluding hydrogens is 687 g/mol. The minimum atomic E-state index is -0.874. The van der Waals surface area contributed by atoms with Crippen LogP contribution in [0.5, 0.6) is 0 Å². The van der Waals surface area contributed by atoms with Gasteiger partial charge in [-0.05, 0) is 89.9 Å². The van der Waals surface area contributed by atoms with Gasteiger partial charge in [-0.1, -0.05) is 207 Å². The zero-order chi connectivity index (χ0) is 40.7. The zero-order valence-electron chi connectivity index (χ0n) is 36.4. The van der Waals surface area contributed by atoms with Crippen LogP contribution in [-0.4, -0.2) is 34.9 Å². The maximum absolute atomic E-state index is 12.4. The Labute approximate surface area is 346 Å². The van der Waals surface area contributed by atoms with E-state index >= 15 is 0 Å². The summed E-state index contributed by atoms with van der Waals surface area (Å²) >= 11 is 0. The second-order valence-corrected chi connectivity index (χ2v) is 15.1. The molecule has 0 aliphatic heterocycles. The van der Waals surface area contributed by atoms with Crippen LogP contribution in [0.4, 0.5) is 0 Å². The quantitative estimate of drug-likeness (QED) is 0.0429. The summed E-state index contributed by atoms with van der Waals surface area (Å²) in [6.45, 7) is 4.09. The minimum absolute atomic E-state index is 0.0858. The number of nitrogens with one attached hydrogen (secondary N) is 1. The van der Waals surface area contributed by atoms with E-state index in [0.717, 1.165) is 83.5 Å². The number of carbonyl (C=O) groups excluding carboxylic acids is 1. The van der Waals surface area contributed by atoms with Crippen molar-refractivity contribution in [3.8, 4) is 0 Å². The standard InChI is InChI=1S/C52H87NO3/c1-3-5-7-9-11-13-15-16-17-18-19-20-21-22-23-24-25-26-27-28-29-30-31-32-33-34-35-36-38-40-42-44-46-48-52(56)53-50(49-54)51(55)47-45-43-41-39-37-14-12-10-8-6-4-2/h5,7-8,10-11,13,16-17,19-20,22-23,25-26,37,39,45,47,50-51,54-55H,3-4,6,9,12,14-15,18,21,24,27-36,38,40-44,46,48-49H2,1-2H3,(H,53,56)/b7-5-,10-8+,13-11-,17-16-,20-19-,23-22-,26-25-,39-37+,47-45+. The van der Waals surface area contributed by atoms with Crippen molar-refractivity contribution < 1.29 is 15.0 Å². The Kier molecular flexibility index (Phi) is 44.0. The van der Waals surface area contributed by atoms with E-state index in [4.69, 9.17) is 0 Å². The molecule has 2 unspecified atom stereocenters. The Hall–Kier alpha value is -2.95. The van der Waals surface area contributed by atoms with Crippen molar-refractivity contribution in [3.05, 3.63) is 109 Å². The highest BCUT2D eigenvalue weighted by Gasteiger charge is 2.17. The maximum Gasteiger partial charge on any atom is 0.220 e. The summed E-state index contributed by atoms with van der Waals surface area (Å²) < 4.78 is 0. The Morgan fingerprint density at radius 2 is 0.804 bits per heavy atom. The molecule has 0 spiro atoms. The zero-order valence-corrected chi connectivity index (χ0v) is 36.4. The van der Waals surface area contributed by atoms with E-state index in [9.17, 15) is 15.0 Å². The predicted molar refractivity (Wildman–Crippen MR) is 248 cm³/mol. The van der Waals surface area contributed by atoms with E-state index in [0.29, 0.717) is 6.42 Å². The number of unbranched alkanes of at least 4 members (excludes halogenated alkanes) is 17. The third-order valence-electron chi connectivity index (χ3n) is 9.70. The Bertz CT molecular complexity index is 1110. The van der Waals surface area contributed by atoms with E-state index in [1.54, 1.807) is 6.08 Å². The molecule has 4 nitrogen and oxygen atoms in total. The van der Waals surface area contributed by atoms with Gasteiger partial charge in [0.25, 0.3) is 0 Å². The molecule has 0 aromatic heterocycles. The van der Waals surface area contributed by atoms with Crippen LogP contribution in [0, 0.1) is 0 Å². The second kappa shape index (κ2) is 46.4. The minimum Gasteiger partial charge on any atom is -0.394 e. The molecule has 1 amide bonds. The highest BCUT2D eigenvalue weighted by molar-refractivity contribution is 5.76. The number of aliphatic hydroxyl groups excluding tert-OH is 2. The highest BCUT2D eigenvalue weighted by Crippen LogP contribution is 2.14. The first kappa shape index (κ1) is 53.1. The fourth-order valence-electron chi connectivity index (χ4n) is 6.22. The number of carbonyl (C=O) groups is 1. The maximum atomic E-state index is 12.4. The molecule has 0 heterocycles. The molecule has 318 valence electrons. The van der Waals surface area contributed by atoms with Gasteiger partial charge in [-0.3, -0.25) is 4.79 Å². The summed E-state index contributed by atoms with van der Waals surface area (Å²) in [5.74, 6) is -0.0858. The van der Waals surface area contributed by atoms with Gasteiger partial charge in [0.15, 0.2) is 0 Å². The van der Waals surface area contributed by atoms with E-state index in [-0.39, 0.29) is 12.5 Å². The molecule has 0 saturated carbocycles. The van der Waals surface area contributed by atoms with Crippen LogP contribution < -0.4 is 5.32 Å². The van der Waals surface area contributed by atoms with Crippen molar-refractivity contribution in [2.75, 3.05) is 6.61 Å². The Morgan fingerprint density at radius 3 is 1.23 bits per heavy atom. The van der Waals surface area contributed by atoms with Crippen LogP contribution in [0.3, 0.4) is 0 Å². The average Bonchev–Trinajstić information content (AvgIpc) is 3.20. The molecule has 56 heavy (non-hydrogen) atoms. The first-order chi connectivity index (χ1) is 27.7. The van der Waals surface area contributed by atoms with Crippen LogP contribution in [0.1, 0.15) is 194 Å². The number of rotatable bonds is 40. The van der Waals surface area contributed by atoms with Gasteiger partial charge in [0.05, 0.1) is 18.8 Å². The summed E-state index contributed by atoms with van der Waals surface area (Å²) in [5, 5.41) is 22.9. The van der Waals surface area contributed by atoms with Crippen molar-refractivity contribution >= 4 is 5.91 Å². The lowest BCUT2D eigenvalue weighted by Crippen LogP contribution is -2.45. The summed E-state index contributed by atoms with van der Waals surface area (Å²) in [7, 11) is 0. The second-order valence-electron chi connectivity index (χ2n) is 15.1. The van der Waals surface area contributed by atoms with Gasteiger partial charge in [-0.15, -0.1) is 0 Å². The van der Waals surface area contributed by atoms with E-state index in [2.05, 4.69) is 116 Å². The van der Waals surface area contributed by atoms with Gasteiger partial charge in [0.2, 0.25) is 5.91 Å². The van der Waals surface area contributed by atoms with Gasteiger partial charge < -0.3 is 15.5 Å². The smallest absolute Gasteiger partial charge is 0.220 e. The molecule has 0 aliphatic carbocycles. The van der Waals surface area contributed by atoms with E-state index < -0.39 is 12.1 Å². The van der Waals surface area contributed by atoms with Crippen LogP contribution in [0.2, 0.25) is 0 Å². The fraction of sp³-hybridized carbons (Fsp3) is 0.635. The summed E-state index contributed by atoms with van der Waals surface area (Å²) in [6.07, 6.45) is 70.7. The van der Waals surface area contributed by atoms with Gasteiger partial charge in [-0.25, -0.2) is 0 Å². The van der Waals surface area contributed by atoms with Crippen molar-refractivity contribution in [3.63, 3.8) is 0 Å². The normalized spacial score (nSPS) is 14.0. The van der Waals surface area contributed by atoms with E-state index in [1.807, 2.05) is 6.08 Å². The first-order valence-corrected chi connectivity index (χ1v) is 23.1. The van der Waals surface area contributed by atoms with Crippen molar-refractivity contribution in [2.24, 2.45) is 0 Å². The van der Waals surface area contributed by atoms with Gasteiger partial charge >= 0.3 is 0 Å². The molecule has 0 saturated heterocycles. The summed E-state index contributed by atoms with van der Waals surface area (Å²) in [4.78, 5) is 12.4. The molecule has 0 aromatic rings. The van der Waals surface area contributed by atoms with Crippen LogP contribution in [0.15, 0.2) is 109 Å². The molecule has 0 aromatic carbocycles. The van der Waals surface area contributed by atoms with Gasteiger partial charge in [0.1, 0.15) is 0 Å². The van der Waals surface area contributed by atoms with Gasteiger partial charge in [-0.2, -0.15) is 0 Å². The highest BCUT2D eigenvalue weighted by atomic mass is 16.3. The van der Waals surface area contributed by atoms with Crippen molar-refractivity contribution in [1.82, 2.24) is 5.32 Å². The molecule has 0 rings (SSSR count). The summed E-state index contributed by atoms with van der Waals surface area (Å²) in [6, 6.07) is -0.650. The molecule has 2 atom stereocenters. The van der Waals surface area contributed by atoms with Crippen LogP contribution in [0.25, 0.3) is 0 Å². The van der Waals surface area contributed by atoms with Gasteiger partial charge in [0, 0.05) is 6.42 Å². The SMILES string of the molecule is CC/C=C\C/C=C\C/C=C\C/C=C\C/C=C\C/C=C\CCCCCCCCCCCCCCCCC(=O)NC(CO)C(O)/C=C/CC/C=C/CC/C=C/CCC. The monoisotopic (exact) mass is 774 g/mol. The third-order valence-corrected chi connectivity index (χ3v) is 9.70.